The molecule has 0 aliphatic rings. The van der Waals surface area contributed by atoms with Gasteiger partial charge < -0.3 is 9.73 Å². The highest BCUT2D eigenvalue weighted by atomic mass is 79.9. The number of nitrogens with one attached hydrogen (secondary N) is 1. The number of hydrogen-bond acceptors (Lipinski definition) is 3. The van der Waals surface area contributed by atoms with E-state index in [4.69, 9.17) is 4.42 Å². The summed E-state index contributed by atoms with van der Waals surface area (Å²) in [6.45, 7) is 2.14. The fraction of sp³-hybridized carbons (Fsp3) is 0.231. The summed E-state index contributed by atoms with van der Waals surface area (Å²) in [5.41, 5.74) is 0.972. The molecule has 4 nitrogen and oxygen atoms in total. The number of carbonyl (C=O) groups excluding carboxylic acids is 1. The van der Waals surface area contributed by atoms with Gasteiger partial charge in [0.1, 0.15) is 5.76 Å². The SMILES string of the molecule is Cc1cnc(CNC(=O)Cc2ccc(Br)cc2)o1. The molecule has 2 rings (SSSR count). The minimum absolute atomic E-state index is 0.0480. The van der Waals surface area contributed by atoms with Crippen molar-refractivity contribution in [2.45, 2.75) is 19.9 Å². The Morgan fingerprint density at radius 3 is 2.72 bits per heavy atom. The van der Waals surface area contributed by atoms with Crippen LogP contribution < -0.4 is 5.32 Å². The number of hydrogen-bond donors (Lipinski definition) is 1. The molecule has 0 unspecified atom stereocenters. The van der Waals surface area contributed by atoms with Crippen LogP contribution in [0.2, 0.25) is 0 Å². The molecule has 0 spiro atoms. The van der Waals surface area contributed by atoms with E-state index in [2.05, 4.69) is 26.2 Å². The van der Waals surface area contributed by atoms with Crippen molar-refractivity contribution in [1.29, 1.82) is 0 Å². The third-order valence-corrected chi connectivity index (χ3v) is 2.91. The lowest BCUT2D eigenvalue weighted by Crippen LogP contribution is -2.24. The molecule has 0 atom stereocenters. The molecule has 2 aromatic rings. The predicted octanol–water partition coefficient (Wildman–Crippen LogP) is 2.60. The Morgan fingerprint density at radius 1 is 1.39 bits per heavy atom. The molecule has 0 saturated heterocycles. The van der Waals surface area contributed by atoms with E-state index in [0.29, 0.717) is 18.9 Å². The monoisotopic (exact) mass is 308 g/mol. The zero-order valence-corrected chi connectivity index (χ0v) is 11.5. The van der Waals surface area contributed by atoms with Gasteiger partial charge in [-0.05, 0) is 24.6 Å². The number of benzene rings is 1. The van der Waals surface area contributed by atoms with Gasteiger partial charge >= 0.3 is 0 Å². The average Bonchev–Trinajstić information content (AvgIpc) is 2.76. The molecule has 0 bridgehead atoms. The molecule has 1 aromatic carbocycles. The molecule has 1 heterocycles. The smallest absolute Gasteiger partial charge is 0.224 e. The van der Waals surface area contributed by atoms with Crippen LogP contribution in [0.15, 0.2) is 39.4 Å². The Morgan fingerprint density at radius 2 is 2.11 bits per heavy atom. The van der Waals surface area contributed by atoms with Crippen molar-refractivity contribution in [2.24, 2.45) is 0 Å². The summed E-state index contributed by atoms with van der Waals surface area (Å²) in [5.74, 6) is 1.22. The number of carbonyl (C=O) groups is 1. The van der Waals surface area contributed by atoms with Crippen molar-refractivity contribution >= 4 is 21.8 Å². The zero-order valence-electron chi connectivity index (χ0n) is 9.94. The molecule has 1 aromatic heterocycles. The third kappa shape index (κ3) is 3.70. The van der Waals surface area contributed by atoms with Crippen LogP contribution in [0, 0.1) is 6.92 Å². The minimum Gasteiger partial charge on any atom is -0.444 e. The Labute approximate surface area is 114 Å². The normalized spacial score (nSPS) is 10.3. The van der Waals surface area contributed by atoms with Gasteiger partial charge in [0.15, 0.2) is 0 Å². The highest BCUT2D eigenvalue weighted by Gasteiger charge is 2.05. The largest absolute Gasteiger partial charge is 0.444 e. The molecule has 0 fully saturated rings. The van der Waals surface area contributed by atoms with Crippen LogP contribution in [0.5, 0.6) is 0 Å². The van der Waals surface area contributed by atoms with Gasteiger partial charge in [-0.2, -0.15) is 0 Å². The number of aromatic nitrogens is 1. The van der Waals surface area contributed by atoms with Crippen molar-refractivity contribution in [3.05, 3.63) is 52.1 Å². The van der Waals surface area contributed by atoms with Crippen molar-refractivity contribution in [1.82, 2.24) is 10.3 Å². The van der Waals surface area contributed by atoms with Crippen LogP contribution in [0.4, 0.5) is 0 Å². The van der Waals surface area contributed by atoms with Gasteiger partial charge in [0.25, 0.3) is 0 Å². The van der Waals surface area contributed by atoms with Crippen molar-refractivity contribution < 1.29 is 9.21 Å². The van der Waals surface area contributed by atoms with Gasteiger partial charge in [0, 0.05) is 4.47 Å². The van der Waals surface area contributed by atoms with E-state index in [1.807, 2.05) is 31.2 Å². The van der Waals surface area contributed by atoms with Crippen LogP contribution in [-0.4, -0.2) is 10.9 Å². The number of rotatable bonds is 4. The summed E-state index contributed by atoms with van der Waals surface area (Å²) in [5, 5.41) is 2.77. The molecule has 18 heavy (non-hydrogen) atoms. The topological polar surface area (TPSA) is 55.1 Å². The molecular weight excluding hydrogens is 296 g/mol. The maximum atomic E-state index is 11.7. The standard InChI is InChI=1S/C13H13BrN2O2/c1-9-7-16-13(18-9)8-15-12(17)6-10-2-4-11(14)5-3-10/h2-5,7H,6,8H2,1H3,(H,15,17). The molecule has 0 aliphatic heterocycles. The Hall–Kier alpha value is -1.62. The minimum atomic E-state index is -0.0480. The Balaban J connectivity index is 1.83. The second-order valence-electron chi connectivity index (χ2n) is 3.94. The highest BCUT2D eigenvalue weighted by Crippen LogP contribution is 2.10. The van der Waals surface area contributed by atoms with Gasteiger partial charge in [-0.15, -0.1) is 0 Å². The number of amides is 1. The average molecular weight is 309 g/mol. The summed E-state index contributed by atoms with van der Waals surface area (Å²) in [4.78, 5) is 15.7. The first-order valence-corrected chi connectivity index (χ1v) is 6.35. The first-order chi connectivity index (χ1) is 8.63. The molecule has 0 saturated carbocycles. The fourth-order valence-corrected chi connectivity index (χ4v) is 1.77. The maximum Gasteiger partial charge on any atom is 0.224 e. The van der Waals surface area contributed by atoms with Crippen LogP contribution >= 0.6 is 15.9 Å². The van der Waals surface area contributed by atoms with E-state index in [1.165, 1.54) is 0 Å². The lowest BCUT2D eigenvalue weighted by molar-refractivity contribution is -0.120. The van der Waals surface area contributed by atoms with Crippen LogP contribution in [0.1, 0.15) is 17.2 Å². The molecule has 0 aliphatic carbocycles. The predicted molar refractivity (Wildman–Crippen MR) is 70.9 cm³/mol. The fourth-order valence-electron chi connectivity index (χ4n) is 1.51. The Bertz CT molecular complexity index is 534. The van der Waals surface area contributed by atoms with Crippen molar-refractivity contribution in [3.63, 3.8) is 0 Å². The number of halogens is 1. The summed E-state index contributed by atoms with van der Waals surface area (Å²) >= 11 is 3.35. The number of aryl methyl sites for hydroxylation is 1. The van der Waals surface area contributed by atoms with E-state index < -0.39 is 0 Å². The van der Waals surface area contributed by atoms with Gasteiger partial charge in [0.05, 0.1) is 19.2 Å². The second-order valence-corrected chi connectivity index (χ2v) is 4.86. The summed E-state index contributed by atoms with van der Waals surface area (Å²) < 4.78 is 6.27. The molecule has 1 amide bonds. The van der Waals surface area contributed by atoms with Crippen molar-refractivity contribution in [2.75, 3.05) is 0 Å². The quantitative estimate of drug-likeness (QED) is 0.944. The zero-order chi connectivity index (χ0) is 13.0. The van der Waals surface area contributed by atoms with Crippen LogP contribution in [-0.2, 0) is 17.8 Å². The molecule has 5 heteroatoms. The molecular formula is C13H13BrN2O2. The van der Waals surface area contributed by atoms with E-state index in [9.17, 15) is 4.79 Å². The summed E-state index contributed by atoms with van der Waals surface area (Å²) in [6, 6.07) is 7.66. The van der Waals surface area contributed by atoms with Gasteiger partial charge in [-0.25, -0.2) is 4.98 Å². The van der Waals surface area contributed by atoms with E-state index in [-0.39, 0.29) is 5.91 Å². The van der Waals surface area contributed by atoms with Gasteiger partial charge in [-0.1, -0.05) is 28.1 Å². The summed E-state index contributed by atoms with van der Waals surface area (Å²) in [6.07, 6.45) is 1.99. The van der Waals surface area contributed by atoms with Crippen LogP contribution in [0.25, 0.3) is 0 Å². The lowest BCUT2D eigenvalue weighted by atomic mass is 10.1. The number of oxazole rings is 1. The third-order valence-electron chi connectivity index (χ3n) is 2.38. The lowest BCUT2D eigenvalue weighted by Gasteiger charge is -2.03. The van der Waals surface area contributed by atoms with E-state index in [0.717, 1.165) is 15.8 Å². The second kappa shape index (κ2) is 5.82. The maximum absolute atomic E-state index is 11.7. The van der Waals surface area contributed by atoms with E-state index >= 15 is 0 Å². The van der Waals surface area contributed by atoms with Crippen molar-refractivity contribution in [3.8, 4) is 0 Å². The first-order valence-electron chi connectivity index (χ1n) is 5.56. The summed E-state index contributed by atoms with van der Waals surface area (Å²) in [7, 11) is 0. The Kier molecular flexibility index (Phi) is 4.15. The van der Waals surface area contributed by atoms with E-state index in [1.54, 1.807) is 6.20 Å². The molecule has 1 N–H and O–H groups in total. The molecule has 94 valence electrons. The highest BCUT2D eigenvalue weighted by molar-refractivity contribution is 9.10. The molecule has 0 radical (unpaired) electrons. The van der Waals surface area contributed by atoms with Gasteiger partial charge in [-0.3, -0.25) is 4.79 Å². The van der Waals surface area contributed by atoms with Gasteiger partial charge in [0.2, 0.25) is 11.8 Å². The first kappa shape index (κ1) is 12.8. The van der Waals surface area contributed by atoms with Crippen LogP contribution in [0.3, 0.4) is 0 Å². The number of nitrogens with zero attached hydrogens (tertiary/aromatic N) is 1.